The monoisotopic (exact) mass is 349 g/mol. The van der Waals surface area contributed by atoms with Gasteiger partial charge < -0.3 is 10.2 Å². The summed E-state index contributed by atoms with van der Waals surface area (Å²) in [5, 5.41) is 2.97. The van der Waals surface area contributed by atoms with Gasteiger partial charge in [-0.1, -0.05) is 48.0 Å². The van der Waals surface area contributed by atoms with Crippen LogP contribution in [0.25, 0.3) is 5.70 Å². The first-order chi connectivity index (χ1) is 12.6. The highest BCUT2D eigenvalue weighted by Crippen LogP contribution is 2.34. The summed E-state index contributed by atoms with van der Waals surface area (Å²) in [6.07, 6.45) is 3.72. The smallest absolute Gasteiger partial charge is 0.321 e. The highest BCUT2D eigenvalue weighted by atomic mass is 16.7. The summed E-state index contributed by atoms with van der Waals surface area (Å²) in [6.45, 7) is 3.36. The summed E-state index contributed by atoms with van der Waals surface area (Å²) in [6, 6.07) is 17.9. The second-order valence-corrected chi connectivity index (χ2v) is 6.98. The van der Waals surface area contributed by atoms with Crippen molar-refractivity contribution < 1.29 is 9.63 Å². The highest BCUT2D eigenvalue weighted by Gasteiger charge is 2.39. The zero-order chi connectivity index (χ0) is 18.0. The predicted molar refractivity (Wildman–Crippen MR) is 102 cm³/mol. The molecule has 1 saturated heterocycles. The molecule has 2 amide bonds. The molecule has 2 N–H and O–H groups in total. The van der Waals surface area contributed by atoms with Crippen LogP contribution in [0.4, 0.5) is 10.5 Å². The maximum absolute atomic E-state index is 12.5. The highest BCUT2D eigenvalue weighted by molar-refractivity contribution is 5.89. The Morgan fingerprint density at radius 3 is 2.46 bits per heavy atom. The van der Waals surface area contributed by atoms with Crippen LogP contribution in [0.5, 0.6) is 0 Å². The Labute approximate surface area is 153 Å². The first kappa shape index (κ1) is 16.7. The number of piperidine rings is 1. The third-order valence-corrected chi connectivity index (χ3v) is 5.06. The molecule has 0 bridgehead atoms. The van der Waals surface area contributed by atoms with Crippen molar-refractivity contribution in [3.05, 3.63) is 71.8 Å². The lowest BCUT2D eigenvalue weighted by Crippen LogP contribution is -2.48. The first-order valence-corrected chi connectivity index (χ1v) is 8.98. The van der Waals surface area contributed by atoms with E-state index >= 15 is 0 Å². The standard InChI is InChI=1S/C21H23N3O2/c1-16-7-9-18(10-8-16)22-20(25)24-13-11-21(12-14-24)15-19(23-26-21)17-5-3-2-4-6-17/h2-10,15,23H,11-14H2,1H3,(H,22,25). The van der Waals surface area contributed by atoms with E-state index in [0.29, 0.717) is 13.1 Å². The van der Waals surface area contributed by atoms with E-state index in [1.54, 1.807) is 0 Å². The summed E-state index contributed by atoms with van der Waals surface area (Å²) in [5.74, 6) is 0. The zero-order valence-electron chi connectivity index (χ0n) is 14.9. The second-order valence-electron chi connectivity index (χ2n) is 6.98. The van der Waals surface area contributed by atoms with Gasteiger partial charge in [0.05, 0.1) is 5.70 Å². The average molecular weight is 349 g/mol. The fraction of sp³-hybridized carbons (Fsp3) is 0.286. The third-order valence-electron chi connectivity index (χ3n) is 5.06. The largest absolute Gasteiger partial charge is 0.324 e. The van der Waals surface area contributed by atoms with Gasteiger partial charge in [-0.05, 0) is 30.7 Å². The Morgan fingerprint density at radius 2 is 1.77 bits per heavy atom. The molecule has 0 aliphatic carbocycles. The molecule has 5 heteroatoms. The van der Waals surface area contributed by atoms with Gasteiger partial charge in [0.2, 0.25) is 0 Å². The van der Waals surface area contributed by atoms with Gasteiger partial charge in [0.25, 0.3) is 0 Å². The number of benzene rings is 2. The topological polar surface area (TPSA) is 53.6 Å². The average Bonchev–Trinajstić information content (AvgIpc) is 3.08. The van der Waals surface area contributed by atoms with Gasteiger partial charge in [0.1, 0.15) is 5.60 Å². The van der Waals surface area contributed by atoms with E-state index in [1.807, 2.05) is 54.3 Å². The molecule has 2 heterocycles. The molecule has 0 atom stereocenters. The molecular weight excluding hydrogens is 326 g/mol. The maximum atomic E-state index is 12.5. The van der Waals surface area contributed by atoms with Gasteiger partial charge >= 0.3 is 6.03 Å². The summed E-state index contributed by atoms with van der Waals surface area (Å²) in [7, 11) is 0. The molecule has 0 saturated carbocycles. The van der Waals surface area contributed by atoms with Crippen LogP contribution in [-0.2, 0) is 4.84 Å². The van der Waals surface area contributed by atoms with E-state index in [-0.39, 0.29) is 11.6 Å². The number of hydrogen-bond donors (Lipinski definition) is 2. The van der Waals surface area contributed by atoms with Gasteiger partial charge in [-0.15, -0.1) is 0 Å². The maximum Gasteiger partial charge on any atom is 0.321 e. The lowest BCUT2D eigenvalue weighted by molar-refractivity contribution is -0.0634. The van der Waals surface area contributed by atoms with Gasteiger partial charge in [-0.25, -0.2) is 4.79 Å². The van der Waals surface area contributed by atoms with Crippen molar-refractivity contribution in [3.8, 4) is 0 Å². The minimum absolute atomic E-state index is 0.0538. The number of amides is 2. The molecule has 2 aliphatic rings. The van der Waals surface area contributed by atoms with Crippen molar-refractivity contribution in [1.29, 1.82) is 0 Å². The van der Waals surface area contributed by atoms with Crippen molar-refractivity contribution >= 4 is 17.4 Å². The number of hydrogen-bond acceptors (Lipinski definition) is 3. The van der Waals surface area contributed by atoms with Crippen molar-refractivity contribution in [2.75, 3.05) is 18.4 Å². The number of nitrogens with zero attached hydrogens (tertiary/aromatic N) is 1. The molecule has 134 valence electrons. The van der Waals surface area contributed by atoms with Crippen molar-refractivity contribution in [1.82, 2.24) is 10.4 Å². The molecule has 2 aromatic carbocycles. The molecule has 5 nitrogen and oxygen atoms in total. The van der Waals surface area contributed by atoms with Gasteiger partial charge in [0, 0.05) is 31.6 Å². The Kier molecular flexibility index (Phi) is 4.39. The number of hydroxylamine groups is 1. The van der Waals surface area contributed by atoms with E-state index < -0.39 is 0 Å². The van der Waals surface area contributed by atoms with E-state index in [1.165, 1.54) is 5.56 Å². The number of likely N-dealkylation sites (tertiary alicyclic amines) is 1. The van der Waals surface area contributed by atoms with Crippen LogP contribution in [0.15, 0.2) is 60.7 Å². The Morgan fingerprint density at radius 1 is 1.08 bits per heavy atom. The Balaban J connectivity index is 1.37. The molecule has 0 unspecified atom stereocenters. The molecule has 1 fully saturated rings. The second kappa shape index (κ2) is 6.84. The van der Waals surface area contributed by atoms with Crippen LogP contribution < -0.4 is 10.8 Å². The van der Waals surface area contributed by atoms with Gasteiger partial charge in [0.15, 0.2) is 0 Å². The van der Waals surface area contributed by atoms with E-state index in [9.17, 15) is 4.79 Å². The fourth-order valence-corrected chi connectivity index (χ4v) is 3.41. The van der Waals surface area contributed by atoms with E-state index in [0.717, 1.165) is 29.8 Å². The molecule has 2 aliphatic heterocycles. The number of carbonyl (C=O) groups excluding carboxylic acids is 1. The van der Waals surface area contributed by atoms with Crippen molar-refractivity contribution in [2.45, 2.75) is 25.4 Å². The number of anilines is 1. The van der Waals surface area contributed by atoms with Gasteiger partial charge in [-0.3, -0.25) is 10.3 Å². The minimum atomic E-state index is -0.328. The number of aryl methyl sites for hydroxylation is 1. The molecule has 26 heavy (non-hydrogen) atoms. The SMILES string of the molecule is Cc1ccc(NC(=O)N2CCC3(C=C(c4ccccc4)NO3)CC2)cc1. The first-order valence-electron chi connectivity index (χ1n) is 8.98. The fourth-order valence-electron chi connectivity index (χ4n) is 3.41. The number of nitrogens with one attached hydrogen (secondary N) is 2. The lowest BCUT2D eigenvalue weighted by Gasteiger charge is -2.36. The molecule has 4 rings (SSSR count). The summed E-state index contributed by atoms with van der Waals surface area (Å²) in [5.41, 5.74) is 6.86. The van der Waals surface area contributed by atoms with Crippen molar-refractivity contribution in [2.24, 2.45) is 0 Å². The number of rotatable bonds is 2. The van der Waals surface area contributed by atoms with Crippen LogP contribution in [0.2, 0.25) is 0 Å². The van der Waals surface area contributed by atoms with Crippen molar-refractivity contribution in [3.63, 3.8) is 0 Å². The molecule has 2 aromatic rings. The summed E-state index contributed by atoms with van der Waals surface area (Å²) >= 11 is 0. The number of carbonyl (C=O) groups is 1. The molecule has 1 spiro atoms. The quantitative estimate of drug-likeness (QED) is 0.863. The normalized spacial score (nSPS) is 18.3. The van der Waals surface area contributed by atoms with E-state index in [2.05, 4.69) is 29.0 Å². The van der Waals surface area contributed by atoms with Crippen LogP contribution in [0.3, 0.4) is 0 Å². The van der Waals surface area contributed by atoms with Crippen LogP contribution in [-0.4, -0.2) is 29.6 Å². The summed E-state index contributed by atoms with van der Waals surface area (Å²) in [4.78, 5) is 20.2. The summed E-state index contributed by atoms with van der Waals surface area (Å²) < 4.78 is 0. The molecule has 0 aromatic heterocycles. The number of urea groups is 1. The third kappa shape index (κ3) is 3.44. The van der Waals surface area contributed by atoms with Crippen LogP contribution >= 0.6 is 0 Å². The Bertz CT molecular complexity index is 807. The molecular formula is C21H23N3O2. The van der Waals surface area contributed by atoms with E-state index in [4.69, 9.17) is 4.84 Å². The van der Waals surface area contributed by atoms with Crippen LogP contribution in [0, 0.1) is 6.92 Å². The lowest BCUT2D eigenvalue weighted by atomic mass is 9.90. The predicted octanol–water partition coefficient (Wildman–Crippen LogP) is 3.94. The van der Waals surface area contributed by atoms with Gasteiger partial charge in [-0.2, -0.15) is 0 Å². The minimum Gasteiger partial charge on any atom is -0.324 e. The molecule has 0 radical (unpaired) electrons. The zero-order valence-corrected chi connectivity index (χ0v) is 14.9. The Hall–Kier alpha value is -2.79. The van der Waals surface area contributed by atoms with Crippen LogP contribution in [0.1, 0.15) is 24.0 Å².